The van der Waals surface area contributed by atoms with Crippen molar-refractivity contribution in [3.63, 3.8) is 0 Å². The minimum absolute atomic E-state index is 0.0610. The third-order valence-corrected chi connectivity index (χ3v) is 4.60. The van der Waals surface area contributed by atoms with Crippen LogP contribution < -0.4 is 10.1 Å². The number of hydrogen-bond donors (Lipinski definition) is 1. The van der Waals surface area contributed by atoms with Crippen LogP contribution in [0.1, 0.15) is 19.4 Å². The topological polar surface area (TPSA) is 47.6 Å². The maximum atomic E-state index is 12.7. The molecule has 0 saturated heterocycles. The average Bonchev–Trinajstić information content (AvgIpc) is 2.72. The summed E-state index contributed by atoms with van der Waals surface area (Å²) in [7, 11) is 0. The third kappa shape index (κ3) is 6.26. The minimum Gasteiger partial charge on any atom is -0.459 e. The maximum Gasteiger partial charge on any atom is 0.329 e. The molecule has 1 atom stereocenters. The lowest BCUT2D eigenvalue weighted by Crippen LogP contribution is -2.36. The zero-order valence-electron chi connectivity index (χ0n) is 16.5. The molecule has 29 heavy (non-hydrogen) atoms. The van der Waals surface area contributed by atoms with Crippen LogP contribution in [-0.2, 0) is 16.1 Å². The number of para-hydroxylation sites is 1. The quantitative estimate of drug-likeness (QED) is 0.442. The van der Waals surface area contributed by atoms with Gasteiger partial charge in [-0.2, -0.15) is 0 Å². The number of carbonyl (C=O) groups is 1. The first-order valence-electron chi connectivity index (χ1n) is 9.52. The van der Waals surface area contributed by atoms with Gasteiger partial charge in [-0.25, -0.2) is 4.79 Å². The summed E-state index contributed by atoms with van der Waals surface area (Å²) in [6, 6.07) is 23.9. The molecule has 0 fully saturated rings. The van der Waals surface area contributed by atoms with Gasteiger partial charge in [-0.15, -0.1) is 0 Å². The first-order chi connectivity index (χ1) is 14.0. The SMILES string of the molecule is CC(C)C(Nc1ccc(Cl)cc1)C(=O)OCc1cccc(Oc2ccccc2)c1. The number of esters is 1. The van der Waals surface area contributed by atoms with Crippen molar-refractivity contribution in [1.29, 1.82) is 0 Å². The van der Waals surface area contributed by atoms with Crippen LogP contribution in [0.3, 0.4) is 0 Å². The van der Waals surface area contributed by atoms with Gasteiger partial charge in [0, 0.05) is 10.7 Å². The van der Waals surface area contributed by atoms with Gasteiger partial charge in [0.2, 0.25) is 0 Å². The second-order valence-electron chi connectivity index (χ2n) is 7.04. The number of benzene rings is 3. The first-order valence-corrected chi connectivity index (χ1v) is 9.89. The highest BCUT2D eigenvalue weighted by molar-refractivity contribution is 6.30. The molecule has 3 aromatic rings. The van der Waals surface area contributed by atoms with Crippen molar-refractivity contribution in [2.75, 3.05) is 5.32 Å². The van der Waals surface area contributed by atoms with E-state index >= 15 is 0 Å². The summed E-state index contributed by atoms with van der Waals surface area (Å²) in [5.41, 5.74) is 1.68. The first kappa shape index (κ1) is 20.7. The molecule has 0 aromatic heterocycles. The van der Waals surface area contributed by atoms with Crippen molar-refractivity contribution < 1.29 is 14.3 Å². The van der Waals surface area contributed by atoms with Gasteiger partial charge in [-0.3, -0.25) is 0 Å². The highest BCUT2D eigenvalue weighted by Gasteiger charge is 2.23. The van der Waals surface area contributed by atoms with Crippen LogP contribution in [0.5, 0.6) is 11.5 Å². The Bertz CT molecular complexity index is 926. The van der Waals surface area contributed by atoms with Gasteiger partial charge in [0.1, 0.15) is 24.1 Å². The van der Waals surface area contributed by atoms with Crippen molar-refractivity contribution >= 4 is 23.3 Å². The molecule has 0 aliphatic carbocycles. The van der Waals surface area contributed by atoms with Gasteiger partial charge < -0.3 is 14.8 Å². The van der Waals surface area contributed by atoms with Crippen molar-refractivity contribution in [2.24, 2.45) is 5.92 Å². The summed E-state index contributed by atoms with van der Waals surface area (Å²) < 4.78 is 11.4. The van der Waals surface area contributed by atoms with E-state index in [1.807, 2.05) is 80.6 Å². The van der Waals surface area contributed by atoms with Crippen molar-refractivity contribution in [3.8, 4) is 11.5 Å². The molecule has 0 aliphatic rings. The Morgan fingerprint density at radius 1 is 0.931 bits per heavy atom. The molecule has 1 N–H and O–H groups in total. The molecule has 3 rings (SSSR count). The Kier molecular flexibility index (Phi) is 7.14. The second kappa shape index (κ2) is 9.99. The molecule has 1 unspecified atom stereocenters. The standard InChI is InChI=1S/C24H24ClNO3/c1-17(2)23(26-20-13-11-19(25)12-14-20)24(27)28-16-18-7-6-10-22(15-18)29-21-8-4-3-5-9-21/h3-15,17,23,26H,16H2,1-2H3. The van der Waals surface area contributed by atoms with Crippen LogP contribution in [0.15, 0.2) is 78.9 Å². The van der Waals surface area contributed by atoms with E-state index in [1.54, 1.807) is 12.1 Å². The van der Waals surface area contributed by atoms with Gasteiger partial charge in [-0.1, -0.05) is 55.8 Å². The summed E-state index contributed by atoms with van der Waals surface area (Å²) in [6.07, 6.45) is 0. The number of anilines is 1. The molecule has 0 bridgehead atoms. The van der Waals surface area contributed by atoms with Crippen molar-refractivity contribution in [1.82, 2.24) is 0 Å². The number of carbonyl (C=O) groups excluding carboxylic acids is 1. The highest BCUT2D eigenvalue weighted by Crippen LogP contribution is 2.23. The number of halogens is 1. The molecule has 0 aliphatic heterocycles. The Morgan fingerprint density at radius 3 is 2.31 bits per heavy atom. The number of ether oxygens (including phenoxy) is 2. The van der Waals surface area contributed by atoms with E-state index in [0.717, 1.165) is 17.0 Å². The summed E-state index contributed by atoms with van der Waals surface area (Å²) in [4.78, 5) is 12.7. The van der Waals surface area contributed by atoms with E-state index in [4.69, 9.17) is 21.1 Å². The van der Waals surface area contributed by atoms with Gasteiger partial charge in [-0.05, 0) is 60.0 Å². The van der Waals surface area contributed by atoms with Gasteiger partial charge in [0.05, 0.1) is 0 Å². The van der Waals surface area contributed by atoms with E-state index in [-0.39, 0.29) is 18.5 Å². The smallest absolute Gasteiger partial charge is 0.329 e. The van der Waals surface area contributed by atoms with E-state index in [9.17, 15) is 4.79 Å². The van der Waals surface area contributed by atoms with Crippen LogP contribution in [0, 0.1) is 5.92 Å². The maximum absolute atomic E-state index is 12.7. The number of rotatable bonds is 8. The Balaban J connectivity index is 1.60. The Labute approximate surface area is 176 Å². The molecule has 0 heterocycles. The zero-order chi connectivity index (χ0) is 20.6. The fourth-order valence-corrected chi connectivity index (χ4v) is 2.92. The van der Waals surface area contributed by atoms with E-state index in [0.29, 0.717) is 10.8 Å². The van der Waals surface area contributed by atoms with E-state index in [2.05, 4.69) is 5.32 Å². The lowest BCUT2D eigenvalue weighted by Gasteiger charge is -2.22. The van der Waals surface area contributed by atoms with Crippen LogP contribution >= 0.6 is 11.6 Å². The Hall–Kier alpha value is -2.98. The average molecular weight is 410 g/mol. The predicted molar refractivity (Wildman–Crippen MR) is 116 cm³/mol. The van der Waals surface area contributed by atoms with Crippen LogP contribution in [0.2, 0.25) is 5.02 Å². The molecule has 0 radical (unpaired) electrons. The molecule has 0 amide bonds. The van der Waals surface area contributed by atoms with Crippen molar-refractivity contribution in [3.05, 3.63) is 89.4 Å². The Morgan fingerprint density at radius 2 is 1.62 bits per heavy atom. The van der Waals surface area contributed by atoms with Crippen molar-refractivity contribution in [2.45, 2.75) is 26.5 Å². The van der Waals surface area contributed by atoms with Gasteiger partial charge >= 0.3 is 5.97 Å². The minimum atomic E-state index is -0.458. The molecule has 5 heteroatoms. The van der Waals surface area contributed by atoms with Gasteiger partial charge in [0.25, 0.3) is 0 Å². The molecule has 4 nitrogen and oxygen atoms in total. The summed E-state index contributed by atoms with van der Waals surface area (Å²) in [6.45, 7) is 4.13. The zero-order valence-corrected chi connectivity index (χ0v) is 17.2. The van der Waals surface area contributed by atoms with Crippen LogP contribution in [0.4, 0.5) is 5.69 Å². The predicted octanol–water partition coefficient (Wildman–Crippen LogP) is 6.31. The monoisotopic (exact) mass is 409 g/mol. The fraction of sp³-hybridized carbons (Fsp3) is 0.208. The lowest BCUT2D eigenvalue weighted by atomic mass is 10.0. The van der Waals surface area contributed by atoms with Crippen LogP contribution in [0.25, 0.3) is 0 Å². The number of hydrogen-bond acceptors (Lipinski definition) is 4. The van der Waals surface area contributed by atoms with Crippen LogP contribution in [-0.4, -0.2) is 12.0 Å². The molecular formula is C24H24ClNO3. The lowest BCUT2D eigenvalue weighted by molar-refractivity contribution is -0.146. The molecular weight excluding hydrogens is 386 g/mol. The molecule has 0 saturated carbocycles. The fourth-order valence-electron chi connectivity index (χ4n) is 2.79. The highest BCUT2D eigenvalue weighted by atomic mass is 35.5. The summed E-state index contributed by atoms with van der Waals surface area (Å²) >= 11 is 5.93. The van der Waals surface area contributed by atoms with Gasteiger partial charge in [0.15, 0.2) is 0 Å². The third-order valence-electron chi connectivity index (χ3n) is 4.35. The summed E-state index contributed by atoms with van der Waals surface area (Å²) in [5, 5.41) is 3.88. The summed E-state index contributed by atoms with van der Waals surface area (Å²) in [5.74, 6) is 1.22. The van der Waals surface area contributed by atoms with E-state index in [1.165, 1.54) is 0 Å². The molecule has 3 aromatic carbocycles. The molecule has 0 spiro atoms. The normalized spacial score (nSPS) is 11.7. The second-order valence-corrected chi connectivity index (χ2v) is 7.48. The number of nitrogens with one attached hydrogen (secondary N) is 1. The largest absolute Gasteiger partial charge is 0.459 e. The van der Waals surface area contributed by atoms with E-state index < -0.39 is 6.04 Å². The molecule has 150 valence electrons.